The van der Waals surface area contributed by atoms with Gasteiger partial charge < -0.3 is 8.85 Å². The summed E-state index contributed by atoms with van der Waals surface area (Å²) in [7, 11) is 0.231. The van der Waals surface area contributed by atoms with Gasteiger partial charge in [0.2, 0.25) is 0 Å². The lowest BCUT2D eigenvalue weighted by Gasteiger charge is -2.15. The minimum Gasteiger partial charge on any atom is -0.522 e. The third kappa shape index (κ3) is 5.25. The molecule has 0 fully saturated rings. The second kappa shape index (κ2) is 7.79. The number of rotatable bonds is 7. The Morgan fingerprint density at radius 1 is 1.20 bits per heavy atom. The maximum Gasteiger partial charge on any atom is 0.382 e. The van der Waals surface area contributed by atoms with E-state index in [1.807, 2.05) is 30.3 Å². The second-order valence-electron chi connectivity index (χ2n) is 3.32. The van der Waals surface area contributed by atoms with Crippen molar-refractivity contribution in [1.29, 1.82) is 0 Å². The molecule has 1 rings (SSSR count). The minimum absolute atomic E-state index is 0.918. The first kappa shape index (κ1) is 12.6. The fourth-order valence-corrected chi connectivity index (χ4v) is 3.05. The molecular weight excluding hydrogens is 224 g/mol. The molecule has 1 aromatic carbocycles. The van der Waals surface area contributed by atoms with Gasteiger partial charge in [0.15, 0.2) is 0 Å². The highest BCUT2D eigenvalue weighted by atomic mass is 32.1. The molecule has 1 atom stereocenters. The van der Waals surface area contributed by atoms with E-state index in [1.54, 1.807) is 7.11 Å². The lowest BCUT2D eigenvalue weighted by atomic mass is 10.3. The molecule has 2 nitrogen and oxygen atoms in total. The van der Waals surface area contributed by atoms with Crippen LogP contribution in [0, 0.1) is 0 Å². The molecule has 84 valence electrons. The average molecular weight is 242 g/mol. The van der Waals surface area contributed by atoms with Crippen LogP contribution in [0.2, 0.25) is 6.04 Å². The van der Waals surface area contributed by atoms with Crippen LogP contribution in [-0.4, -0.2) is 22.1 Å². The van der Waals surface area contributed by atoms with E-state index in [-0.39, 0.29) is 0 Å². The van der Waals surface area contributed by atoms with Gasteiger partial charge in [0.05, 0.1) is 0 Å². The summed E-state index contributed by atoms with van der Waals surface area (Å²) >= 11 is 4.19. The van der Waals surface area contributed by atoms with E-state index in [1.165, 1.54) is 0 Å². The molecule has 0 saturated heterocycles. The van der Waals surface area contributed by atoms with E-state index >= 15 is 0 Å². The number of unbranched alkanes of at least 4 members (excludes halogenated alkanes) is 1. The molecule has 0 saturated carbocycles. The maximum atomic E-state index is 5.80. The molecule has 0 N–H and O–H groups in total. The Kier molecular flexibility index (Phi) is 6.55. The third-order valence-corrected chi connectivity index (χ3v) is 4.38. The molecule has 4 heteroatoms. The first-order valence-electron chi connectivity index (χ1n) is 5.22. The standard InChI is InChI=1S/C11H18O2SSi/c1-12-15(10-6-5-9-14)13-11-7-3-2-4-8-11/h2-4,7-8,14-15H,5-6,9-10H2,1H3. The number of thiol groups is 1. The summed E-state index contributed by atoms with van der Waals surface area (Å²) in [4.78, 5) is 0. The van der Waals surface area contributed by atoms with Crippen molar-refractivity contribution in [2.75, 3.05) is 12.9 Å². The quantitative estimate of drug-likeness (QED) is 0.450. The largest absolute Gasteiger partial charge is 0.522 e. The Labute approximate surface area is 98.9 Å². The van der Waals surface area contributed by atoms with Crippen molar-refractivity contribution >= 4 is 21.9 Å². The SMILES string of the molecule is CO[SiH](CCCCS)Oc1ccccc1. The predicted molar refractivity (Wildman–Crippen MR) is 69.1 cm³/mol. The number of para-hydroxylation sites is 1. The van der Waals surface area contributed by atoms with Gasteiger partial charge in [-0.1, -0.05) is 18.2 Å². The highest BCUT2D eigenvalue weighted by molar-refractivity contribution is 7.80. The summed E-state index contributed by atoms with van der Waals surface area (Å²) in [5, 5.41) is 0. The zero-order valence-corrected chi connectivity index (χ0v) is 11.1. The molecular formula is C11H18O2SSi. The number of hydrogen-bond donors (Lipinski definition) is 1. The zero-order valence-electron chi connectivity index (χ0n) is 9.06. The van der Waals surface area contributed by atoms with E-state index in [0.29, 0.717) is 0 Å². The van der Waals surface area contributed by atoms with Gasteiger partial charge in [-0.2, -0.15) is 12.6 Å². The average Bonchev–Trinajstić information content (AvgIpc) is 2.29. The van der Waals surface area contributed by atoms with E-state index in [0.717, 1.165) is 30.4 Å². The molecule has 0 aliphatic rings. The van der Waals surface area contributed by atoms with Crippen molar-refractivity contribution in [2.24, 2.45) is 0 Å². The molecule has 0 aliphatic heterocycles. The molecule has 0 aliphatic carbocycles. The monoisotopic (exact) mass is 242 g/mol. The van der Waals surface area contributed by atoms with Crippen LogP contribution in [0.3, 0.4) is 0 Å². The second-order valence-corrected chi connectivity index (χ2v) is 5.91. The van der Waals surface area contributed by atoms with Crippen LogP contribution in [0.25, 0.3) is 0 Å². The van der Waals surface area contributed by atoms with Crippen molar-refractivity contribution in [3.8, 4) is 5.75 Å². The highest BCUT2D eigenvalue weighted by Gasteiger charge is 2.12. The summed E-state index contributed by atoms with van der Waals surface area (Å²) in [5.41, 5.74) is 0. The molecule has 15 heavy (non-hydrogen) atoms. The van der Waals surface area contributed by atoms with Crippen LogP contribution >= 0.6 is 12.6 Å². The van der Waals surface area contributed by atoms with Gasteiger partial charge in [0.1, 0.15) is 5.75 Å². The lowest BCUT2D eigenvalue weighted by molar-refractivity contribution is 0.332. The highest BCUT2D eigenvalue weighted by Crippen LogP contribution is 2.13. The normalized spacial score (nSPS) is 12.4. The van der Waals surface area contributed by atoms with E-state index in [9.17, 15) is 0 Å². The third-order valence-electron chi connectivity index (χ3n) is 2.12. The summed E-state index contributed by atoms with van der Waals surface area (Å²) in [6, 6.07) is 10.9. The summed E-state index contributed by atoms with van der Waals surface area (Å²) < 4.78 is 11.2. The number of hydrogen-bond acceptors (Lipinski definition) is 3. The molecule has 0 amide bonds. The van der Waals surface area contributed by atoms with Crippen LogP contribution in [0.15, 0.2) is 30.3 Å². The lowest BCUT2D eigenvalue weighted by Crippen LogP contribution is -2.24. The van der Waals surface area contributed by atoms with Gasteiger partial charge in [-0.05, 0) is 36.8 Å². The van der Waals surface area contributed by atoms with Gasteiger partial charge in [-0.15, -0.1) is 0 Å². The van der Waals surface area contributed by atoms with Gasteiger partial charge in [-0.3, -0.25) is 0 Å². The van der Waals surface area contributed by atoms with Gasteiger partial charge >= 0.3 is 9.28 Å². The summed E-state index contributed by atoms with van der Waals surface area (Å²) in [6.45, 7) is 0. The van der Waals surface area contributed by atoms with Gasteiger partial charge in [-0.25, -0.2) is 0 Å². The maximum absolute atomic E-state index is 5.80. The molecule has 0 aromatic heterocycles. The Hall–Kier alpha value is -0.453. The van der Waals surface area contributed by atoms with Crippen LogP contribution in [-0.2, 0) is 4.43 Å². The van der Waals surface area contributed by atoms with Crippen LogP contribution in [0.1, 0.15) is 12.8 Å². The smallest absolute Gasteiger partial charge is 0.382 e. The first-order valence-corrected chi connectivity index (χ1v) is 7.61. The molecule has 0 heterocycles. The fourth-order valence-electron chi connectivity index (χ4n) is 1.30. The molecule has 1 aromatic rings. The van der Waals surface area contributed by atoms with E-state index in [4.69, 9.17) is 8.85 Å². The van der Waals surface area contributed by atoms with E-state index < -0.39 is 9.28 Å². The molecule has 0 spiro atoms. The van der Waals surface area contributed by atoms with Crippen LogP contribution in [0.4, 0.5) is 0 Å². The minimum atomic E-state index is -1.51. The topological polar surface area (TPSA) is 18.5 Å². The van der Waals surface area contributed by atoms with Crippen molar-refractivity contribution in [2.45, 2.75) is 18.9 Å². The van der Waals surface area contributed by atoms with Crippen molar-refractivity contribution < 1.29 is 8.85 Å². The Morgan fingerprint density at radius 3 is 2.53 bits per heavy atom. The van der Waals surface area contributed by atoms with Crippen LogP contribution in [0.5, 0.6) is 5.75 Å². The Balaban J connectivity index is 2.33. The Bertz CT molecular complexity index is 256. The Morgan fingerprint density at radius 2 is 1.93 bits per heavy atom. The number of benzene rings is 1. The van der Waals surface area contributed by atoms with E-state index in [2.05, 4.69) is 12.6 Å². The molecule has 0 radical (unpaired) electrons. The molecule has 0 bridgehead atoms. The fraction of sp³-hybridized carbons (Fsp3) is 0.455. The molecule has 1 unspecified atom stereocenters. The summed E-state index contributed by atoms with van der Waals surface area (Å²) in [6.07, 6.45) is 2.27. The van der Waals surface area contributed by atoms with Crippen molar-refractivity contribution in [1.82, 2.24) is 0 Å². The summed E-state index contributed by atoms with van der Waals surface area (Å²) in [5.74, 6) is 1.86. The van der Waals surface area contributed by atoms with Crippen molar-refractivity contribution in [3.05, 3.63) is 30.3 Å². The van der Waals surface area contributed by atoms with Gasteiger partial charge in [0.25, 0.3) is 0 Å². The first-order chi connectivity index (χ1) is 7.36. The van der Waals surface area contributed by atoms with Crippen LogP contribution < -0.4 is 4.43 Å². The zero-order chi connectivity index (χ0) is 10.9. The van der Waals surface area contributed by atoms with Gasteiger partial charge in [0, 0.05) is 7.11 Å². The predicted octanol–water partition coefficient (Wildman–Crippen LogP) is 2.64. The van der Waals surface area contributed by atoms with Crippen molar-refractivity contribution in [3.63, 3.8) is 0 Å².